The summed E-state index contributed by atoms with van der Waals surface area (Å²) in [5.74, 6) is 2.50. The first-order valence-electron chi connectivity index (χ1n) is 5.74. The zero-order chi connectivity index (χ0) is 10.8. The Kier molecular flexibility index (Phi) is 10.0. The molecule has 0 radical (unpaired) electrons. The van der Waals surface area contributed by atoms with E-state index in [4.69, 9.17) is 0 Å². The molecular weight excluding hydrogens is 192 g/mol. The molecule has 0 atom stereocenters. The molecule has 0 saturated carbocycles. The molecule has 0 amide bonds. The Morgan fingerprint density at radius 1 is 1.14 bits per heavy atom. The van der Waals surface area contributed by atoms with Crippen LogP contribution in [0, 0.1) is 0 Å². The molecule has 86 valence electrons. The molecule has 0 heterocycles. The molecule has 3 heteroatoms. The minimum Gasteiger partial charge on any atom is -0.314 e. The van der Waals surface area contributed by atoms with Gasteiger partial charge in [0.1, 0.15) is 0 Å². The standard InChI is InChI=1S/C11H26N2S/c1-5-13(6-2)8-10-14-9-7-12-11(3)4/h11-12H,5-10H2,1-4H3. The highest BCUT2D eigenvalue weighted by Crippen LogP contribution is 2.00. The molecule has 14 heavy (non-hydrogen) atoms. The summed E-state index contributed by atoms with van der Waals surface area (Å²) in [6.45, 7) is 13.6. The van der Waals surface area contributed by atoms with Crippen LogP contribution in [-0.2, 0) is 0 Å². The molecule has 0 aliphatic heterocycles. The number of nitrogens with one attached hydrogen (secondary N) is 1. The lowest BCUT2D eigenvalue weighted by atomic mass is 10.4. The largest absolute Gasteiger partial charge is 0.314 e. The third-order valence-corrected chi connectivity index (χ3v) is 3.21. The highest BCUT2D eigenvalue weighted by molar-refractivity contribution is 7.99. The molecule has 0 aromatic heterocycles. The van der Waals surface area contributed by atoms with Gasteiger partial charge in [-0.2, -0.15) is 11.8 Å². The second kappa shape index (κ2) is 9.81. The first-order valence-corrected chi connectivity index (χ1v) is 6.89. The molecule has 0 saturated heterocycles. The summed E-state index contributed by atoms with van der Waals surface area (Å²) >= 11 is 2.05. The molecular formula is C11H26N2S. The van der Waals surface area contributed by atoms with Gasteiger partial charge in [-0.25, -0.2) is 0 Å². The molecule has 0 rings (SSSR count). The van der Waals surface area contributed by atoms with Crippen molar-refractivity contribution in [2.75, 3.05) is 37.7 Å². The van der Waals surface area contributed by atoms with Crippen LogP contribution in [0.25, 0.3) is 0 Å². The van der Waals surface area contributed by atoms with Gasteiger partial charge in [0.15, 0.2) is 0 Å². The van der Waals surface area contributed by atoms with Crippen LogP contribution < -0.4 is 5.32 Å². The van der Waals surface area contributed by atoms with Gasteiger partial charge in [0.2, 0.25) is 0 Å². The maximum Gasteiger partial charge on any atom is 0.00721 e. The average Bonchev–Trinajstić information content (AvgIpc) is 2.16. The molecule has 0 bridgehead atoms. The lowest BCUT2D eigenvalue weighted by Crippen LogP contribution is -2.27. The third-order valence-electron chi connectivity index (χ3n) is 2.25. The molecule has 2 nitrogen and oxygen atoms in total. The SMILES string of the molecule is CCN(CC)CCSCCNC(C)C. The predicted molar refractivity (Wildman–Crippen MR) is 68.3 cm³/mol. The van der Waals surface area contributed by atoms with Crippen LogP contribution in [0.5, 0.6) is 0 Å². The minimum atomic E-state index is 0.624. The monoisotopic (exact) mass is 218 g/mol. The topological polar surface area (TPSA) is 15.3 Å². The first-order chi connectivity index (χ1) is 6.70. The van der Waals surface area contributed by atoms with E-state index in [2.05, 4.69) is 49.7 Å². The summed E-state index contributed by atoms with van der Waals surface area (Å²) < 4.78 is 0. The molecule has 0 unspecified atom stereocenters. The van der Waals surface area contributed by atoms with Crippen molar-refractivity contribution in [3.63, 3.8) is 0 Å². The van der Waals surface area contributed by atoms with Gasteiger partial charge in [-0.15, -0.1) is 0 Å². The number of hydrogen-bond acceptors (Lipinski definition) is 3. The Balaban J connectivity index is 3.12. The third kappa shape index (κ3) is 8.85. The Morgan fingerprint density at radius 2 is 1.79 bits per heavy atom. The Hall–Kier alpha value is 0.270. The van der Waals surface area contributed by atoms with Crippen LogP contribution in [0.15, 0.2) is 0 Å². The van der Waals surface area contributed by atoms with Crippen molar-refractivity contribution in [1.29, 1.82) is 0 Å². The fourth-order valence-electron chi connectivity index (χ4n) is 1.26. The van der Waals surface area contributed by atoms with Crippen LogP contribution in [0.1, 0.15) is 27.7 Å². The quantitative estimate of drug-likeness (QED) is 0.596. The summed E-state index contributed by atoms with van der Waals surface area (Å²) in [4.78, 5) is 2.48. The van der Waals surface area contributed by atoms with Gasteiger partial charge < -0.3 is 10.2 Å². The van der Waals surface area contributed by atoms with Crippen molar-refractivity contribution in [1.82, 2.24) is 10.2 Å². The number of thioether (sulfide) groups is 1. The van der Waals surface area contributed by atoms with Gasteiger partial charge in [0, 0.05) is 30.6 Å². The molecule has 1 N–H and O–H groups in total. The van der Waals surface area contributed by atoms with Crippen LogP contribution in [0.2, 0.25) is 0 Å². The summed E-state index contributed by atoms with van der Waals surface area (Å²) in [7, 11) is 0. The smallest absolute Gasteiger partial charge is 0.00721 e. The van der Waals surface area contributed by atoms with Crippen LogP contribution in [0.3, 0.4) is 0 Å². The average molecular weight is 218 g/mol. The van der Waals surface area contributed by atoms with Crippen molar-refractivity contribution in [3.8, 4) is 0 Å². The maximum atomic E-state index is 3.43. The van der Waals surface area contributed by atoms with Crippen LogP contribution >= 0.6 is 11.8 Å². The summed E-state index contributed by atoms with van der Waals surface area (Å²) in [6.07, 6.45) is 0. The zero-order valence-corrected chi connectivity index (χ0v) is 11.0. The summed E-state index contributed by atoms with van der Waals surface area (Å²) in [6, 6.07) is 0.624. The lowest BCUT2D eigenvalue weighted by Gasteiger charge is -2.17. The molecule has 0 fully saturated rings. The van der Waals surface area contributed by atoms with Gasteiger partial charge in [0.05, 0.1) is 0 Å². The van der Waals surface area contributed by atoms with Gasteiger partial charge in [0.25, 0.3) is 0 Å². The number of rotatable bonds is 9. The Morgan fingerprint density at radius 3 is 2.29 bits per heavy atom. The molecule has 0 aliphatic rings. The number of nitrogens with zero attached hydrogens (tertiary/aromatic N) is 1. The van der Waals surface area contributed by atoms with Crippen LogP contribution in [0.4, 0.5) is 0 Å². The van der Waals surface area contributed by atoms with Crippen molar-refractivity contribution in [2.24, 2.45) is 0 Å². The van der Waals surface area contributed by atoms with Crippen molar-refractivity contribution in [3.05, 3.63) is 0 Å². The predicted octanol–water partition coefficient (Wildman–Crippen LogP) is 2.06. The van der Waals surface area contributed by atoms with Gasteiger partial charge in [-0.3, -0.25) is 0 Å². The van der Waals surface area contributed by atoms with E-state index in [9.17, 15) is 0 Å². The van der Waals surface area contributed by atoms with E-state index in [0.717, 1.165) is 6.54 Å². The van der Waals surface area contributed by atoms with Gasteiger partial charge in [-0.05, 0) is 13.1 Å². The summed E-state index contributed by atoms with van der Waals surface area (Å²) in [5, 5.41) is 3.43. The normalized spacial score (nSPS) is 11.6. The minimum absolute atomic E-state index is 0.624. The van der Waals surface area contributed by atoms with Gasteiger partial charge >= 0.3 is 0 Å². The molecule has 0 aliphatic carbocycles. The Bertz CT molecular complexity index is 114. The maximum absolute atomic E-state index is 3.43. The van der Waals surface area contributed by atoms with Gasteiger partial charge in [-0.1, -0.05) is 27.7 Å². The van der Waals surface area contributed by atoms with E-state index >= 15 is 0 Å². The first kappa shape index (κ1) is 14.3. The fourth-order valence-corrected chi connectivity index (χ4v) is 2.11. The molecule has 0 aromatic carbocycles. The Labute approximate surface area is 93.8 Å². The van der Waals surface area contributed by atoms with Crippen LogP contribution in [-0.4, -0.2) is 48.6 Å². The second-order valence-electron chi connectivity index (χ2n) is 3.75. The van der Waals surface area contributed by atoms with Crippen molar-refractivity contribution < 1.29 is 0 Å². The number of hydrogen-bond donors (Lipinski definition) is 1. The van der Waals surface area contributed by atoms with Crippen molar-refractivity contribution in [2.45, 2.75) is 33.7 Å². The fraction of sp³-hybridized carbons (Fsp3) is 1.00. The van der Waals surface area contributed by atoms with E-state index in [1.165, 1.54) is 31.1 Å². The summed E-state index contributed by atoms with van der Waals surface area (Å²) in [5.41, 5.74) is 0. The van der Waals surface area contributed by atoms with E-state index in [1.807, 2.05) is 0 Å². The highest BCUT2D eigenvalue weighted by Gasteiger charge is 1.98. The second-order valence-corrected chi connectivity index (χ2v) is 4.97. The lowest BCUT2D eigenvalue weighted by molar-refractivity contribution is 0.324. The van der Waals surface area contributed by atoms with E-state index < -0.39 is 0 Å². The zero-order valence-electron chi connectivity index (χ0n) is 10.2. The van der Waals surface area contributed by atoms with Crippen molar-refractivity contribution >= 4 is 11.8 Å². The van der Waals surface area contributed by atoms with E-state index in [-0.39, 0.29) is 0 Å². The molecule has 0 aromatic rings. The van der Waals surface area contributed by atoms with E-state index in [1.54, 1.807) is 0 Å². The highest BCUT2D eigenvalue weighted by atomic mass is 32.2. The van der Waals surface area contributed by atoms with E-state index in [0.29, 0.717) is 6.04 Å². The molecule has 0 spiro atoms.